The summed E-state index contributed by atoms with van der Waals surface area (Å²) >= 11 is 6.36. The highest BCUT2D eigenvalue weighted by atomic mass is 35.5. The summed E-state index contributed by atoms with van der Waals surface area (Å²) in [5.74, 6) is 0. The number of hydrogen-bond donors (Lipinski definition) is 2. The van der Waals surface area contributed by atoms with Gasteiger partial charge in [-0.3, -0.25) is 0 Å². The van der Waals surface area contributed by atoms with Crippen LogP contribution in [0.25, 0.3) is 0 Å². The van der Waals surface area contributed by atoms with Gasteiger partial charge in [0.25, 0.3) is 0 Å². The summed E-state index contributed by atoms with van der Waals surface area (Å²) in [4.78, 5) is 2.22. The number of aliphatic hydroxyl groups excluding tert-OH is 1. The van der Waals surface area contributed by atoms with Crippen LogP contribution in [0.3, 0.4) is 0 Å². The number of hydrogen-bond acceptors (Lipinski definition) is 3. The average Bonchev–Trinajstić information content (AvgIpc) is 3.26. The summed E-state index contributed by atoms with van der Waals surface area (Å²) in [5.41, 5.74) is 2.34. The van der Waals surface area contributed by atoms with E-state index in [4.69, 9.17) is 16.7 Å². The molecule has 0 heterocycles. The molecule has 0 atom stereocenters. The van der Waals surface area contributed by atoms with Crippen molar-refractivity contribution in [3.8, 4) is 0 Å². The van der Waals surface area contributed by atoms with Crippen molar-refractivity contribution in [1.82, 2.24) is 5.32 Å². The van der Waals surface area contributed by atoms with Crippen LogP contribution in [0.4, 0.5) is 5.69 Å². The molecule has 0 bridgehead atoms. The third-order valence-corrected chi connectivity index (χ3v) is 4.14. The van der Waals surface area contributed by atoms with Gasteiger partial charge < -0.3 is 15.3 Å². The Bertz CT molecular complexity index is 421. The molecule has 4 heteroatoms. The van der Waals surface area contributed by atoms with Crippen LogP contribution >= 0.6 is 11.6 Å². The predicted octanol–water partition coefficient (Wildman–Crippen LogP) is 3.19. The molecule has 0 spiro atoms. The van der Waals surface area contributed by atoms with E-state index in [1.807, 2.05) is 0 Å². The first-order valence-electron chi connectivity index (χ1n) is 7.54. The highest BCUT2D eigenvalue weighted by Gasteiger charge is 2.20. The van der Waals surface area contributed by atoms with Crippen LogP contribution < -0.4 is 10.2 Å². The first-order chi connectivity index (χ1) is 9.70. The number of nitrogens with zero attached hydrogens (tertiary/aromatic N) is 1. The van der Waals surface area contributed by atoms with E-state index in [-0.39, 0.29) is 6.61 Å². The Balaban J connectivity index is 1.83. The Labute approximate surface area is 126 Å². The highest BCUT2D eigenvalue weighted by Crippen LogP contribution is 2.25. The molecule has 0 aromatic heterocycles. The first-order valence-corrected chi connectivity index (χ1v) is 7.92. The summed E-state index contributed by atoms with van der Waals surface area (Å²) < 4.78 is 0. The van der Waals surface area contributed by atoms with E-state index in [1.54, 1.807) is 0 Å². The van der Waals surface area contributed by atoms with Crippen molar-refractivity contribution in [2.75, 3.05) is 25.1 Å². The van der Waals surface area contributed by atoms with Gasteiger partial charge in [0.2, 0.25) is 0 Å². The van der Waals surface area contributed by atoms with Gasteiger partial charge in [0.05, 0.1) is 0 Å². The summed E-state index contributed by atoms with van der Waals surface area (Å²) in [5, 5.41) is 13.1. The topological polar surface area (TPSA) is 35.5 Å². The third-order valence-electron chi connectivity index (χ3n) is 3.79. The van der Waals surface area contributed by atoms with Crippen molar-refractivity contribution in [2.45, 2.75) is 44.7 Å². The second kappa shape index (κ2) is 7.87. The Kier molecular flexibility index (Phi) is 6.14. The molecule has 0 aliphatic heterocycles. The minimum atomic E-state index is 0.290. The number of rotatable bonds is 9. The number of benzene rings is 1. The van der Waals surface area contributed by atoms with Crippen molar-refractivity contribution in [3.05, 3.63) is 28.8 Å². The maximum atomic E-state index is 8.77. The first kappa shape index (κ1) is 15.6. The molecule has 0 saturated heterocycles. The summed E-state index contributed by atoms with van der Waals surface area (Å²) in [7, 11) is 2.09. The molecule has 2 N–H and O–H groups in total. The minimum Gasteiger partial charge on any atom is -0.396 e. The zero-order valence-electron chi connectivity index (χ0n) is 12.2. The van der Waals surface area contributed by atoms with Gasteiger partial charge >= 0.3 is 0 Å². The lowest BCUT2D eigenvalue weighted by Crippen LogP contribution is -2.19. The fraction of sp³-hybridized carbons (Fsp3) is 0.625. The molecule has 1 aromatic carbocycles. The van der Waals surface area contributed by atoms with E-state index >= 15 is 0 Å². The van der Waals surface area contributed by atoms with E-state index in [1.165, 1.54) is 18.4 Å². The molecule has 2 rings (SSSR count). The monoisotopic (exact) mass is 296 g/mol. The van der Waals surface area contributed by atoms with Gasteiger partial charge in [-0.05, 0) is 49.8 Å². The molecule has 20 heavy (non-hydrogen) atoms. The number of nitrogens with one attached hydrogen (secondary N) is 1. The van der Waals surface area contributed by atoms with Gasteiger partial charge in [0.15, 0.2) is 0 Å². The zero-order chi connectivity index (χ0) is 14.4. The maximum absolute atomic E-state index is 8.77. The molecule has 3 nitrogen and oxygen atoms in total. The second-order valence-corrected chi connectivity index (χ2v) is 6.04. The molecule has 1 aromatic rings. The van der Waals surface area contributed by atoms with Crippen LogP contribution in [0.15, 0.2) is 18.2 Å². The minimum absolute atomic E-state index is 0.290. The van der Waals surface area contributed by atoms with Gasteiger partial charge in [-0.15, -0.1) is 0 Å². The molecule has 0 radical (unpaired) electrons. The van der Waals surface area contributed by atoms with Gasteiger partial charge in [0.1, 0.15) is 0 Å². The lowest BCUT2D eigenvalue weighted by atomic mass is 10.1. The van der Waals surface area contributed by atoms with Crippen molar-refractivity contribution < 1.29 is 5.11 Å². The van der Waals surface area contributed by atoms with Gasteiger partial charge in [0, 0.05) is 43.5 Å². The normalized spacial score (nSPS) is 14.6. The Morgan fingerprint density at radius 2 is 2.10 bits per heavy atom. The van der Waals surface area contributed by atoms with Crippen LogP contribution in [0.2, 0.25) is 5.02 Å². The van der Waals surface area contributed by atoms with Crippen LogP contribution in [-0.2, 0) is 6.54 Å². The standard InChI is InChI=1S/C16H25ClN2O/c1-19(9-3-2-4-10-20)15-8-5-13(16(17)11-15)12-18-14-6-7-14/h5,8,11,14,18,20H,2-4,6-7,9-10,12H2,1H3. The van der Waals surface area contributed by atoms with Crippen LogP contribution in [0.1, 0.15) is 37.7 Å². The molecule has 112 valence electrons. The summed E-state index contributed by atoms with van der Waals surface area (Å²) in [6.07, 6.45) is 5.65. The van der Waals surface area contributed by atoms with E-state index in [9.17, 15) is 0 Å². The van der Waals surface area contributed by atoms with Crippen molar-refractivity contribution in [2.24, 2.45) is 0 Å². The van der Waals surface area contributed by atoms with Crippen molar-refractivity contribution in [3.63, 3.8) is 0 Å². The molecule has 1 aliphatic carbocycles. The number of anilines is 1. The fourth-order valence-corrected chi connectivity index (χ4v) is 2.47. The fourth-order valence-electron chi connectivity index (χ4n) is 2.23. The van der Waals surface area contributed by atoms with Crippen molar-refractivity contribution >= 4 is 17.3 Å². The smallest absolute Gasteiger partial charge is 0.0471 e. The van der Waals surface area contributed by atoms with Gasteiger partial charge in [-0.25, -0.2) is 0 Å². The molecule has 0 unspecified atom stereocenters. The Morgan fingerprint density at radius 1 is 1.30 bits per heavy atom. The largest absolute Gasteiger partial charge is 0.396 e. The van der Waals surface area contributed by atoms with E-state index in [2.05, 4.69) is 35.5 Å². The zero-order valence-corrected chi connectivity index (χ0v) is 13.0. The van der Waals surface area contributed by atoms with Crippen LogP contribution in [0, 0.1) is 0 Å². The quantitative estimate of drug-likeness (QED) is 0.687. The Morgan fingerprint density at radius 3 is 2.75 bits per heavy atom. The predicted molar refractivity (Wildman–Crippen MR) is 85.5 cm³/mol. The number of unbranched alkanes of at least 4 members (excludes halogenated alkanes) is 2. The number of aliphatic hydroxyl groups is 1. The molecule has 1 aliphatic rings. The molecule has 0 amide bonds. The van der Waals surface area contributed by atoms with E-state index in [0.29, 0.717) is 6.04 Å². The maximum Gasteiger partial charge on any atom is 0.0471 e. The molecular weight excluding hydrogens is 272 g/mol. The average molecular weight is 297 g/mol. The van der Waals surface area contributed by atoms with Gasteiger partial charge in [-0.1, -0.05) is 17.7 Å². The second-order valence-electron chi connectivity index (χ2n) is 5.64. The summed E-state index contributed by atoms with van der Waals surface area (Å²) in [6, 6.07) is 7.02. The van der Waals surface area contributed by atoms with Crippen molar-refractivity contribution in [1.29, 1.82) is 0 Å². The number of halogens is 1. The van der Waals surface area contributed by atoms with Crippen LogP contribution in [-0.4, -0.2) is 31.3 Å². The van der Waals surface area contributed by atoms with Gasteiger partial charge in [-0.2, -0.15) is 0 Å². The van der Waals surface area contributed by atoms with Crippen LogP contribution in [0.5, 0.6) is 0 Å². The highest BCUT2D eigenvalue weighted by molar-refractivity contribution is 6.31. The summed E-state index contributed by atoms with van der Waals surface area (Å²) in [6.45, 7) is 2.15. The third kappa shape index (κ3) is 4.97. The van der Waals surface area contributed by atoms with E-state index in [0.717, 1.165) is 43.1 Å². The lowest BCUT2D eigenvalue weighted by Gasteiger charge is -2.20. The lowest BCUT2D eigenvalue weighted by molar-refractivity contribution is 0.283. The SMILES string of the molecule is CN(CCCCCO)c1ccc(CNC2CC2)c(Cl)c1. The molecule has 1 fully saturated rings. The molecular formula is C16H25ClN2O. The Hall–Kier alpha value is -0.770. The molecule has 1 saturated carbocycles. The van der Waals surface area contributed by atoms with E-state index < -0.39 is 0 Å².